The van der Waals surface area contributed by atoms with Crippen molar-refractivity contribution in [2.75, 3.05) is 11.9 Å². The first-order chi connectivity index (χ1) is 10.3. The third kappa shape index (κ3) is 2.40. The molecule has 1 atom stereocenters. The minimum absolute atomic E-state index is 0.309. The van der Waals surface area contributed by atoms with Gasteiger partial charge in [0.15, 0.2) is 11.4 Å². The molecule has 114 valence electrons. The van der Waals surface area contributed by atoms with Crippen molar-refractivity contribution in [3.05, 3.63) is 49.6 Å². The number of benzene rings is 1. The van der Waals surface area contributed by atoms with Crippen LogP contribution in [0.25, 0.3) is 0 Å². The molecule has 0 bridgehead atoms. The molecule has 22 heavy (non-hydrogen) atoms. The molecule has 7 heteroatoms. The summed E-state index contributed by atoms with van der Waals surface area (Å²) >= 11 is 10.3. The lowest BCUT2D eigenvalue weighted by molar-refractivity contribution is -0.135. The summed E-state index contributed by atoms with van der Waals surface area (Å²) in [5, 5.41) is 10.9. The maximum atomic E-state index is 12.5. The van der Waals surface area contributed by atoms with Crippen molar-refractivity contribution in [2.45, 2.75) is 12.0 Å². The van der Waals surface area contributed by atoms with E-state index in [2.05, 4.69) is 15.9 Å². The predicted octanol–water partition coefficient (Wildman–Crippen LogP) is 3.60. The lowest BCUT2D eigenvalue weighted by atomic mass is 9.89. The van der Waals surface area contributed by atoms with Crippen LogP contribution in [0.5, 0.6) is 0 Å². The molecule has 4 nitrogen and oxygen atoms in total. The van der Waals surface area contributed by atoms with E-state index < -0.39 is 11.5 Å². The van der Waals surface area contributed by atoms with E-state index in [4.69, 9.17) is 11.6 Å². The van der Waals surface area contributed by atoms with Gasteiger partial charge in [0.05, 0.1) is 21.3 Å². The van der Waals surface area contributed by atoms with Gasteiger partial charge in [0, 0.05) is 17.1 Å². The van der Waals surface area contributed by atoms with E-state index in [1.807, 2.05) is 0 Å². The molecule has 1 aliphatic rings. The Hall–Kier alpha value is -1.21. The molecule has 1 amide bonds. The lowest BCUT2D eigenvalue weighted by Gasteiger charge is -2.20. The maximum Gasteiger partial charge on any atom is 0.263 e. The molecule has 0 spiro atoms. The Morgan fingerprint density at radius 2 is 2.14 bits per heavy atom. The number of hydrogen-bond acceptors (Lipinski definition) is 4. The minimum atomic E-state index is -1.85. The van der Waals surface area contributed by atoms with E-state index in [0.29, 0.717) is 20.5 Å². The van der Waals surface area contributed by atoms with Crippen molar-refractivity contribution in [3.63, 3.8) is 0 Å². The molecule has 1 unspecified atom stereocenters. The normalized spacial score (nSPS) is 20.4. The van der Waals surface area contributed by atoms with Crippen molar-refractivity contribution >= 4 is 56.2 Å². The molecule has 0 saturated carbocycles. The van der Waals surface area contributed by atoms with Crippen LogP contribution in [0.1, 0.15) is 21.7 Å². The van der Waals surface area contributed by atoms with Crippen molar-refractivity contribution in [2.24, 2.45) is 0 Å². The number of carbonyl (C=O) groups excluding carboxylic acids is 2. The monoisotopic (exact) mass is 399 g/mol. The van der Waals surface area contributed by atoms with Crippen LogP contribution in [0.3, 0.4) is 0 Å². The number of amides is 1. The van der Waals surface area contributed by atoms with Gasteiger partial charge in [-0.3, -0.25) is 9.59 Å². The number of Topliss-reactive ketones (excluding diaryl/α,β-unsaturated/α-hetero) is 1. The summed E-state index contributed by atoms with van der Waals surface area (Å²) in [5.41, 5.74) is -0.806. The molecule has 0 radical (unpaired) electrons. The highest BCUT2D eigenvalue weighted by atomic mass is 79.9. The summed E-state index contributed by atoms with van der Waals surface area (Å²) in [4.78, 5) is 26.6. The average Bonchev–Trinajstić information content (AvgIpc) is 2.98. The van der Waals surface area contributed by atoms with Gasteiger partial charge in [0.1, 0.15) is 0 Å². The second-order valence-electron chi connectivity index (χ2n) is 5.09. The van der Waals surface area contributed by atoms with Gasteiger partial charge < -0.3 is 10.0 Å². The summed E-state index contributed by atoms with van der Waals surface area (Å²) in [6.45, 7) is 0. The summed E-state index contributed by atoms with van der Waals surface area (Å²) in [6.07, 6.45) is -0.309. The number of nitrogens with zero attached hydrogens (tertiary/aromatic N) is 1. The Kier molecular flexibility index (Phi) is 3.89. The average molecular weight is 401 g/mol. The number of aliphatic hydroxyl groups is 1. The Morgan fingerprint density at radius 1 is 1.41 bits per heavy atom. The van der Waals surface area contributed by atoms with E-state index in [0.717, 1.165) is 15.8 Å². The summed E-state index contributed by atoms with van der Waals surface area (Å²) in [7, 11) is 1.58. The number of likely N-dealkylation sites (N-methyl/N-ethyl adjacent to an activating group) is 1. The molecule has 3 rings (SSSR count). The zero-order valence-corrected chi connectivity index (χ0v) is 14.6. The predicted molar refractivity (Wildman–Crippen MR) is 89.7 cm³/mol. The van der Waals surface area contributed by atoms with Gasteiger partial charge in [-0.1, -0.05) is 27.5 Å². The number of anilines is 1. The van der Waals surface area contributed by atoms with E-state index in [9.17, 15) is 14.7 Å². The third-order valence-electron chi connectivity index (χ3n) is 3.69. The fourth-order valence-electron chi connectivity index (χ4n) is 2.59. The summed E-state index contributed by atoms with van der Waals surface area (Å²) in [6, 6.07) is 8.42. The number of halogens is 2. The Morgan fingerprint density at radius 3 is 2.77 bits per heavy atom. The molecule has 1 aliphatic heterocycles. The van der Waals surface area contributed by atoms with Crippen molar-refractivity contribution in [1.29, 1.82) is 0 Å². The SMILES string of the molecule is CN1C(=O)C(O)(CC(=O)c2ccc(Cl)s2)c2cc(Br)ccc21. The van der Waals surface area contributed by atoms with Crippen LogP contribution in [-0.2, 0) is 10.4 Å². The maximum absolute atomic E-state index is 12.5. The van der Waals surface area contributed by atoms with Crippen LogP contribution in [-0.4, -0.2) is 23.8 Å². The van der Waals surface area contributed by atoms with E-state index in [1.54, 1.807) is 37.4 Å². The van der Waals surface area contributed by atoms with Crippen molar-refractivity contribution < 1.29 is 14.7 Å². The summed E-state index contributed by atoms with van der Waals surface area (Å²) < 4.78 is 1.23. The van der Waals surface area contributed by atoms with Crippen LogP contribution in [0, 0.1) is 0 Å². The first-order valence-electron chi connectivity index (χ1n) is 6.42. The van der Waals surface area contributed by atoms with Gasteiger partial charge >= 0.3 is 0 Å². The lowest BCUT2D eigenvalue weighted by Crippen LogP contribution is -2.40. The number of ketones is 1. The number of carbonyl (C=O) groups is 2. The third-order valence-corrected chi connectivity index (χ3v) is 5.45. The van der Waals surface area contributed by atoms with Gasteiger partial charge in [0.2, 0.25) is 0 Å². The highest BCUT2D eigenvalue weighted by Gasteiger charge is 2.49. The van der Waals surface area contributed by atoms with Crippen LogP contribution in [0.4, 0.5) is 5.69 Å². The van der Waals surface area contributed by atoms with Gasteiger partial charge in [-0.2, -0.15) is 0 Å². The van der Waals surface area contributed by atoms with Crippen LogP contribution >= 0.6 is 38.9 Å². The van der Waals surface area contributed by atoms with Crippen LogP contribution in [0.2, 0.25) is 4.34 Å². The summed E-state index contributed by atoms with van der Waals surface area (Å²) in [5.74, 6) is -0.814. The van der Waals surface area contributed by atoms with E-state index >= 15 is 0 Å². The smallest absolute Gasteiger partial charge is 0.263 e. The number of fused-ring (bicyclic) bond motifs is 1. The van der Waals surface area contributed by atoms with Crippen LogP contribution in [0.15, 0.2) is 34.8 Å². The Labute approximate surface area is 144 Å². The van der Waals surface area contributed by atoms with Gasteiger partial charge in [-0.05, 0) is 30.3 Å². The largest absolute Gasteiger partial charge is 0.375 e. The quantitative estimate of drug-likeness (QED) is 0.801. The molecule has 0 saturated heterocycles. The Bertz CT molecular complexity index is 791. The van der Waals surface area contributed by atoms with Gasteiger partial charge in [-0.15, -0.1) is 11.3 Å². The molecule has 1 aromatic carbocycles. The number of thiophene rings is 1. The van der Waals surface area contributed by atoms with Crippen molar-refractivity contribution in [3.8, 4) is 0 Å². The first-order valence-corrected chi connectivity index (χ1v) is 8.41. The second kappa shape index (κ2) is 5.45. The van der Waals surface area contributed by atoms with E-state index in [1.165, 1.54) is 4.90 Å². The van der Waals surface area contributed by atoms with Gasteiger partial charge in [-0.25, -0.2) is 0 Å². The molecule has 1 N–H and O–H groups in total. The van der Waals surface area contributed by atoms with E-state index in [-0.39, 0.29) is 12.2 Å². The zero-order chi connectivity index (χ0) is 16.1. The second-order valence-corrected chi connectivity index (χ2v) is 7.72. The molecule has 0 fully saturated rings. The number of rotatable bonds is 3. The highest BCUT2D eigenvalue weighted by molar-refractivity contribution is 9.10. The molecular formula is C15H11BrClNO3S. The fourth-order valence-corrected chi connectivity index (χ4v) is 3.93. The zero-order valence-electron chi connectivity index (χ0n) is 11.5. The molecular weight excluding hydrogens is 390 g/mol. The highest BCUT2D eigenvalue weighted by Crippen LogP contribution is 2.43. The number of hydrogen-bond donors (Lipinski definition) is 1. The molecule has 1 aromatic heterocycles. The van der Waals surface area contributed by atoms with Crippen molar-refractivity contribution in [1.82, 2.24) is 0 Å². The minimum Gasteiger partial charge on any atom is -0.375 e. The molecule has 0 aliphatic carbocycles. The first kappa shape index (κ1) is 15.7. The topological polar surface area (TPSA) is 57.6 Å². The standard InChI is InChI=1S/C15H11BrClNO3S/c1-18-10-3-2-8(16)6-9(10)15(21,14(18)20)7-11(19)12-4-5-13(17)22-12/h2-6,21H,7H2,1H3. The van der Waals surface area contributed by atoms with Gasteiger partial charge in [0.25, 0.3) is 5.91 Å². The molecule has 2 aromatic rings. The fraction of sp³-hybridized carbons (Fsp3) is 0.200. The Balaban J connectivity index is 2.00. The van der Waals surface area contributed by atoms with Crippen LogP contribution < -0.4 is 4.90 Å². The molecule has 2 heterocycles.